The lowest BCUT2D eigenvalue weighted by atomic mass is 9.95. The number of hydrogen-bond donors (Lipinski definition) is 2. The Morgan fingerprint density at radius 1 is 1.12 bits per heavy atom. The number of amides is 2. The molecule has 2 N–H and O–H groups in total. The van der Waals surface area contributed by atoms with Crippen LogP contribution in [0.2, 0.25) is 0 Å². The van der Waals surface area contributed by atoms with E-state index in [9.17, 15) is 9.59 Å². The standard InChI is InChI=1S/C18H26N2O3S/c1-2-23-17(21)15-13-10-6-7-11-14(13)24-16(15)20-18(22)19-12-8-4-3-5-9-12/h12H,2-11H2,1H3,(H2,19,20,22). The topological polar surface area (TPSA) is 67.4 Å². The second kappa shape index (κ2) is 8.01. The van der Waals surface area contributed by atoms with Crippen molar-refractivity contribution in [1.29, 1.82) is 0 Å². The number of hydrogen-bond acceptors (Lipinski definition) is 4. The molecule has 1 heterocycles. The number of esters is 1. The number of urea groups is 1. The summed E-state index contributed by atoms with van der Waals surface area (Å²) in [5.41, 5.74) is 1.66. The maximum absolute atomic E-state index is 12.4. The van der Waals surface area contributed by atoms with Crippen LogP contribution in [0.3, 0.4) is 0 Å². The third kappa shape index (κ3) is 3.91. The van der Waals surface area contributed by atoms with Gasteiger partial charge in [-0.1, -0.05) is 19.3 Å². The molecule has 5 nitrogen and oxygen atoms in total. The van der Waals surface area contributed by atoms with Crippen LogP contribution in [0, 0.1) is 0 Å². The molecule has 2 aliphatic carbocycles. The number of nitrogens with one attached hydrogen (secondary N) is 2. The zero-order valence-electron chi connectivity index (χ0n) is 14.3. The highest BCUT2D eigenvalue weighted by atomic mass is 32.1. The molecule has 0 radical (unpaired) electrons. The van der Waals surface area contributed by atoms with Gasteiger partial charge in [0.25, 0.3) is 0 Å². The summed E-state index contributed by atoms with van der Waals surface area (Å²) >= 11 is 1.53. The first kappa shape index (κ1) is 17.3. The number of carbonyl (C=O) groups is 2. The number of thiophene rings is 1. The van der Waals surface area contributed by atoms with Crippen LogP contribution in [-0.2, 0) is 17.6 Å². The van der Waals surface area contributed by atoms with E-state index in [1.807, 2.05) is 0 Å². The molecule has 132 valence electrons. The van der Waals surface area contributed by atoms with Crippen molar-refractivity contribution in [3.05, 3.63) is 16.0 Å². The Morgan fingerprint density at radius 2 is 1.88 bits per heavy atom. The monoisotopic (exact) mass is 350 g/mol. The largest absolute Gasteiger partial charge is 0.462 e. The predicted molar refractivity (Wildman–Crippen MR) is 95.9 cm³/mol. The molecule has 3 rings (SSSR count). The number of ether oxygens (including phenoxy) is 1. The van der Waals surface area contributed by atoms with Crippen molar-refractivity contribution in [2.45, 2.75) is 70.8 Å². The summed E-state index contributed by atoms with van der Waals surface area (Å²) in [6.07, 6.45) is 9.79. The summed E-state index contributed by atoms with van der Waals surface area (Å²) < 4.78 is 5.22. The molecule has 0 bridgehead atoms. The molecule has 0 unspecified atom stereocenters. The maximum atomic E-state index is 12.4. The van der Waals surface area contributed by atoms with E-state index in [2.05, 4.69) is 10.6 Å². The second-order valence-corrected chi connectivity index (χ2v) is 7.67. The normalized spacial score (nSPS) is 17.9. The molecule has 0 aromatic carbocycles. The van der Waals surface area contributed by atoms with E-state index >= 15 is 0 Å². The first-order valence-corrected chi connectivity index (χ1v) is 9.90. The molecule has 1 fully saturated rings. The Labute approximate surface area is 147 Å². The Kier molecular flexibility index (Phi) is 5.76. The Bertz CT molecular complexity index is 606. The van der Waals surface area contributed by atoms with Crippen LogP contribution in [-0.4, -0.2) is 24.6 Å². The summed E-state index contributed by atoms with van der Waals surface area (Å²) in [5, 5.41) is 6.62. The van der Waals surface area contributed by atoms with E-state index in [1.165, 1.54) is 35.5 Å². The quantitative estimate of drug-likeness (QED) is 0.797. The lowest BCUT2D eigenvalue weighted by Gasteiger charge is -2.22. The van der Waals surface area contributed by atoms with E-state index in [-0.39, 0.29) is 18.0 Å². The van der Waals surface area contributed by atoms with Gasteiger partial charge < -0.3 is 10.1 Å². The van der Waals surface area contributed by atoms with Crippen molar-refractivity contribution < 1.29 is 14.3 Å². The molecular weight excluding hydrogens is 324 g/mol. The van der Waals surface area contributed by atoms with Crippen LogP contribution < -0.4 is 10.6 Å². The van der Waals surface area contributed by atoms with Crippen molar-refractivity contribution in [1.82, 2.24) is 5.32 Å². The third-order valence-corrected chi connectivity index (χ3v) is 6.03. The molecule has 0 spiro atoms. The molecule has 0 aliphatic heterocycles. The molecule has 2 amide bonds. The van der Waals surface area contributed by atoms with E-state index in [0.717, 1.165) is 44.1 Å². The van der Waals surface area contributed by atoms with Gasteiger partial charge in [0.1, 0.15) is 5.00 Å². The van der Waals surface area contributed by atoms with Gasteiger partial charge in [-0.15, -0.1) is 11.3 Å². The highest BCUT2D eigenvalue weighted by Crippen LogP contribution is 2.38. The third-order valence-electron chi connectivity index (χ3n) is 4.82. The van der Waals surface area contributed by atoms with Gasteiger partial charge in [-0.25, -0.2) is 9.59 Å². The van der Waals surface area contributed by atoms with Crippen molar-refractivity contribution in [2.24, 2.45) is 0 Å². The van der Waals surface area contributed by atoms with E-state index < -0.39 is 0 Å². The first-order valence-electron chi connectivity index (χ1n) is 9.08. The lowest BCUT2D eigenvalue weighted by molar-refractivity contribution is 0.0526. The van der Waals surface area contributed by atoms with E-state index in [0.29, 0.717) is 17.2 Å². The van der Waals surface area contributed by atoms with E-state index in [4.69, 9.17) is 4.74 Å². The van der Waals surface area contributed by atoms with Crippen LogP contribution in [0.1, 0.15) is 72.7 Å². The summed E-state index contributed by atoms with van der Waals surface area (Å²) in [7, 11) is 0. The minimum Gasteiger partial charge on any atom is -0.462 e. The van der Waals surface area contributed by atoms with Crippen LogP contribution in [0.5, 0.6) is 0 Å². The molecule has 1 saturated carbocycles. The predicted octanol–water partition coefficient (Wildman–Crippen LogP) is 4.26. The first-order chi connectivity index (χ1) is 11.7. The molecular formula is C18H26N2O3S. The second-order valence-electron chi connectivity index (χ2n) is 6.57. The zero-order chi connectivity index (χ0) is 16.9. The van der Waals surface area contributed by atoms with E-state index in [1.54, 1.807) is 6.92 Å². The Hall–Kier alpha value is -1.56. The van der Waals surface area contributed by atoms with Gasteiger partial charge in [-0.2, -0.15) is 0 Å². The van der Waals surface area contributed by atoms with Crippen molar-refractivity contribution in [2.75, 3.05) is 11.9 Å². The average Bonchev–Trinajstić information content (AvgIpc) is 2.93. The average molecular weight is 350 g/mol. The number of anilines is 1. The Balaban J connectivity index is 1.75. The van der Waals surface area contributed by atoms with Gasteiger partial charge in [0.2, 0.25) is 0 Å². The number of rotatable bonds is 4. The highest BCUT2D eigenvalue weighted by molar-refractivity contribution is 7.17. The Morgan fingerprint density at radius 3 is 2.62 bits per heavy atom. The van der Waals surface area contributed by atoms with Gasteiger partial charge in [0.05, 0.1) is 12.2 Å². The van der Waals surface area contributed by atoms with Crippen molar-refractivity contribution in [3.63, 3.8) is 0 Å². The lowest BCUT2D eigenvalue weighted by Crippen LogP contribution is -2.39. The van der Waals surface area contributed by atoms with Gasteiger partial charge in [-0.3, -0.25) is 5.32 Å². The zero-order valence-corrected chi connectivity index (χ0v) is 15.1. The van der Waals surface area contributed by atoms with Crippen LogP contribution in [0.15, 0.2) is 0 Å². The molecule has 6 heteroatoms. The number of carbonyl (C=O) groups excluding carboxylic acids is 2. The van der Waals surface area contributed by atoms with Gasteiger partial charge in [-0.05, 0) is 51.0 Å². The molecule has 1 aromatic rings. The van der Waals surface area contributed by atoms with Crippen molar-refractivity contribution >= 4 is 28.3 Å². The summed E-state index contributed by atoms with van der Waals surface area (Å²) in [6, 6.07) is 0.0467. The fraction of sp³-hybridized carbons (Fsp3) is 0.667. The summed E-state index contributed by atoms with van der Waals surface area (Å²) in [6.45, 7) is 2.15. The molecule has 0 atom stereocenters. The molecule has 1 aromatic heterocycles. The molecule has 0 saturated heterocycles. The molecule has 2 aliphatic rings. The van der Waals surface area contributed by atoms with Crippen LogP contribution in [0.25, 0.3) is 0 Å². The SMILES string of the molecule is CCOC(=O)c1c(NC(=O)NC2CCCCC2)sc2c1CCCC2. The fourth-order valence-electron chi connectivity index (χ4n) is 3.64. The maximum Gasteiger partial charge on any atom is 0.341 e. The number of fused-ring (bicyclic) bond motifs is 1. The smallest absolute Gasteiger partial charge is 0.341 e. The molecule has 24 heavy (non-hydrogen) atoms. The fourth-order valence-corrected chi connectivity index (χ4v) is 4.92. The van der Waals surface area contributed by atoms with Crippen LogP contribution in [0.4, 0.5) is 9.80 Å². The summed E-state index contributed by atoms with van der Waals surface area (Å²) in [4.78, 5) is 26.0. The van der Waals surface area contributed by atoms with Gasteiger partial charge >= 0.3 is 12.0 Å². The highest BCUT2D eigenvalue weighted by Gasteiger charge is 2.27. The summed E-state index contributed by atoms with van der Waals surface area (Å²) in [5.74, 6) is -0.315. The van der Waals surface area contributed by atoms with Gasteiger partial charge in [0, 0.05) is 10.9 Å². The van der Waals surface area contributed by atoms with Crippen LogP contribution >= 0.6 is 11.3 Å². The minimum atomic E-state index is -0.315. The minimum absolute atomic E-state index is 0.203. The van der Waals surface area contributed by atoms with Gasteiger partial charge in [0.15, 0.2) is 0 Å². The number of aryl methyl sites for hydroxylation is 1. The van der Waals surface area contributed by atoms with Crippen molar-refractivity contribution in [3.8, 4) is 0 Å².